The Balaban J connectivity index is 1.74. The summed E-state index contributed by atoms with van der Waals surface area (Å²) in [7, 11) is 3.09. The number of halogens is 1. The number of ether oxygens (including phenoxy) is 3. The van der Waals surface area contributed by atoms with E-state index in [1.807, 2.05) is 0 Å². The van der Waals surface area contributed by atoms with Gasteiger partial charge in [0.1, 0.15) is 36.2 Å². The Bertz CT molecular complexity index is 1130. The normalized spacial score (nSPS) is 10.5. The van der Waals surface area contributed by atoms with Crippen molar-refractivity contribution in [1.29, 1.82) is 0 Å². The number of nitrogens with one attached hydrogen (secondary N) is 1. The van der Waals surface area contributed by atoms with Gasteiger partial charge in [-0.15, -0.1) is 0 Å². The molecule has 0 bridgehead atoms. The molecule has 1 amide bonds. The first-order valence-corrected chi connectivity index (χ1v) is 9.75. The number of benzene rings is 2. The van der Waals surface area contributed by atoms with Gasteiger partial charge in [0.25, 0.3) is 5.56 Å². The second-order valence-corrected chi connectivity index (χ2v) is 7.01. The average molecular weight is 444 g/mol. The van der Waals surface area contributed by atoms with Crippen molar-refractivity contribution in [3.05, 3.63) is 75.4 Å². The minimum atomic E-state index is -0.403. The molecule has 0 aliphatic rings. The van der Waals surface area contributed by atoms with Crippen LogP contribution in [0.1, 0.15) is 11.5 Å². The molecule has 162 valence electrons. The summed E-state index contributed by atoms with van der Waals surface area (Å²) in [5, 5.41) is 3.08. The molecule has 0 radical (unpaired) electrons. The van der Waals surface area contributed by atoms with E-state index in [1.165, 1.54) is 17.7 Å². The largest absolute Gasteiger partial charge is 0.497 e. The summed E-state index contributed by atoms with van der Waals surface area (Å²) in [6, 6.07) is 13.3. The van der Waals surface area contributed by atoms with Crippen LogP contribution in [0.5, 0.6) is 17.2 Å². The molecule has 0 fully saturated rings. The number of amides is 1. The van der Waals surface area contributed by atoms with Crippen molar-refractivity contribution < 1.29 is 19.0 Å². The van der Waals surface area contributed by atoms with Gasteiger partial charge in [0.05, 0.1) is 19.2 Å². The molecule has 9 heteroatoms. The summed E-state index contributed by atoms with van der Waals surface area (Å²) in [4.78, 5) is 29.4. The third kappa shape index (κ3) is 5.76. The van der Waals surface area contributed by atoms with E-state index < -0.39 is 5.91 Å². The fourth-order valence-corrected chi connectivity index (χ4v) is 3.13. The van der Waals surface area contributed by atoms with Gasteiger partial charge in [0.15, 0.2) is 0 Å². The summed E-state index contributed by atoms with van der Waals surface area (Å²) in [5.41, 5.74) is 0.681. The zero-order chi connectivity index (χ0) is 22.4. The van der Waals surface area contributed by atoms with E-state index in [0.29, 0.717) is 39.5 Å². The van der Waals surface area contributed by atoms with Crippen LogP contribution in [0, 0.1) is 6.92 Å². The number of carbonyl (C=O) groups is 1. The van der Waals surface area contributed by atoms with E-state index >= 15 is 0 Å². The van der Waals surface area contributed by atoms with Crippen molar-refractivity contribution in [2.24, 2.45) is 0 Å². The fraction of sp³-hybridized carbons (Fsp3) is 0.227. The van der Waals surface area contributed by atoms with E-state index in [1.54, 1.807) is 56.5 Å². The van der Waals surface area contributed by atoms with Crippen molar-refractivity contribution in [2.45, 2.75) is 20.1 Å². The molecule has 31 heavy (non-hydrogen) atoms. The topological polar surface area (TPSA) is 91.7 Å². The number of aromatic nitrogens is 2. The van der Waals surface area contributed by atoms with Crippen LogP contribution < -0.4 is 25.1 Å². The van der Waals surface area contributed by atoms with Crippen LogP contribution in [0.2, 0.25) is 5.02 Å². The van der Waals surface area contributed by atoms with Crippen molar-refractivity contribution in [3.8, 4) is 17.2 Å². The van der Waals surface area contributed by atoms with Crippen LogP contribution >= 0.6 is 11.6 Å². The standard InChI is InChI=1S/C22H22ClN3O5/c1-14-10-22(28)26(12-21(27)25-15-4-9-19(30-3)18(23)11-15)20(24-14)13-31-17-7-5-16(29-2)6-8-17/h4-11H,12-13H2,1-3H3,(H,25,27). The Morgan fingerprint density at radius 1 is 1.06 bits per heavy atom. The summed E-state index contributed by atoms with van der Waals surface area (Å²) in [6.07, 6.45) is 0. The highest BCUT2D eigenvalue weighted by molar-refractivity contribution is 6.32. The summed E-state index contributed by atoms with van der Waals surface area (Å²) >= 11 is 6.09. The molecule has 0 atom stereocenters. The highest BCUT2D eigenvalue weighted by Gasteiger charge is 2.13. The van der Waals surface area contributed by atoms with Crippen LogP contribution in [0.15, 0.2) is 53.3 Å². The zero-order valence-corrected chi connectivity index (χ0v) is 18.1. The van der Waals surface area contributed by atoms with Crippen LogP contribution in [-0.2, 0) is 17.9 Å². The third-order valence-corrected chi connectivity index (χ3v) is 4.68. The maximum Gasteiger partial charge on any atom is 0.254 e. The van der Waals surface area contributed by atoms with Crippen molar-refractivity contribution in [1.82, 2.24) is 9.55 Å². The molecule has 0 unspecified atom stereocenters. The predicted octanol–water partition coefficient (Wildman–Crippen LogP) is 3.44. The smallest absolute Gasteiger partial charge is 0.254 e. The molecular weight excluding hydrogens is 422 g/mol. The average Bonchev–Trinajstić information content (AvgIpc) is 2.75. The first kappa shape index (κ1) is 22.2. The Kier molecular flexibility index (Phi) is 7.15. The molecule has 0 aliphatic carbocycles. The Morgan fingerprint density at radius 3 is 2.42 bits per heavy atom. The molecule has 3 aromatic rings. The minimum Gasteiger partial charge on any atom is -0.497 e. The summed E-state index contributed by atoms with van der Waals surface area (Å²) < 4.78 is 17.2. The number of hydrogen-bond donors (Lipinski definition) is 1. The number of anilines is 1. The molecule has 1 N–H and O–H groups in total. The van der Waals surface area contributed by atoms with Crippen molar-refractivity contribution >= 4 is 23.2 Å². The summed E-state index contributed by atoms with van der Waals surface area (Å²) in [6.45, 7) is 1.50. The van der Waals surface area contributed by atoms with Gasteiger partial charge >= 0.3 is 0 Å². The van der Waals surface area contributed by atoms with Crippen LogP contribution in [0.4, 0.5) is 5.69 Å². The lowest BCUT2D eigenvalue weighted by atomic mass is 10.3. The number of rotatable bonds is 8. The maximum absolute atomic E-state index is 12.6. The number of methoxy groups -OCH3 is 2. The van der Waals surface area contributed by atoms with Gasteiger partial charge < -0.3 is 19.5 Å². The molecule has 8 nitrogen and oxygen atoms in total. The van der Waals surface area contributed by atoms with Gasteiger partial charge in [0.2, 0.25) is 5.91 Å². The fourth-order valence-electron chi connectivity index (χ4n) is 2.87. The SMILES string of the molecule is COc1ccc(OCc2nc(C)cc(=O)n2CC(=O)Nc2ccc(OC)c(Cl)c2)cc1. The number of nitrogens with zero attached hydrogens (tertiary/aromatic N) is 2. The Morgan fingerprint density at radius 2 is 1.77 bits per heavy atom. The number of aryl methyl sites for hydroxylation is 1. The highest BCUT2D eigenvalue weighted by atomic mass is 35.5. The maximum atomic E-state index is 12.6. The minimum absolute atomic E-state index is 0.0187. The zero-order valence-electron chi connectivity index (χ0n) is 17.3. The molecule has 1 aromatic heterocycles. The molecule has 1 heterocycles. The quantitative estimate of drug-likeness (QED) is 0.573. The molecule has 3 rings (SSSR count). The first-order valence-electron chi connectivity index (χ1n) is 9.37. The van der Waals surface area contributed by atoms with Crippen molar-refractivity contribution in [3.63, 3.8) is 0 Å². The molecular formula is C22H22ClN3O5. The third-order valence-electron chi connectivity index (χ3n) is 4.38. The summed E-state index contributed by atoms with van der Waals surface area (Å²) in [5.74, 6) is 1.72. The van der Waals surface area contributed by atoms with E-state index in [-0.39, 0.29) is 18.7 Å². The lowest BCUT2D eigenvalue weighted by Crippen LogP contribution is -2.31. The molecule has 2 aromatic carbocycles. The van der Waals surface area contributed by atoms with Gasteiger partial charge in [-0.1, -0.05) is 11.6 Å². The van der Waals surface area contributed by atoms with Gasteiger partial charge in [0, 0.05) is 17.4 Å². The molecule has 0 saturated carbocycles. The van der Waals surface area contributed by atoms with E-state index in [2.05, 4.69) is 10.3 Å². The van der Waals surface area contributed by atoms with Gasteiger partial charge in [-0.05, 0) is 49.4 Å². The second-order valence-electron chi connectivity index (χ2n) is 6.60. The number of carbonyl (C=O) groups excluding carboxylic acids is 1. The second kappa shape index (κ2) is 9.99. The van der Waals surface area contributed by atoms with Gasteiger partial charge in [-0.3, -0.25) is 14.2 Å². The highest BCUT2D eigenvalue weighted by Crippen LogP contribution is 2.27. The lowest BCUT2D eigenvalue weighted by Gasteiger charge is -2.14. The van der Waals surface area contributed by atoms with E-state index in [0.717, 1.165) is 0 Å². The Hall–Kier alpha value is -3.52. The monoisotopic (exact) mass is 443 g/mol. The van der Waals surface area contributed by atoms with Crippen LogP contribution in [-0.4, -0.2) is 29.7 Å². The van der Waals surface area contributed by atoms with Gasteiger partial charge in [-0.2, -0.15) is 0 Å². The predicted molar refractivity (Wildman–Crippen MR) is 117 cm³/mol. The van der Waals surface area contributed by atoms with Crippen molar-refractivity contribution in [2.75, 3.05) is 19.5 Å². The number of hydrogen-bond acceptors (Lipinski definition) is 6. The first-order chi connectivity index (χ1) is 14.9. The van der Waals surface area contributed by atoms with Gasteiger partial charge in [-0.25, -0.2) is 4.98 Å². The molecule has 0 saturated heterocycles. The molecule has 0 spiro atoms. The molecule has 0 aliphatic heterocycles. The Labute approximate surface area is 184 Å². The van der Waals surface area contributed by atoms with E-state index in [4.69, 9.17) is 25.8 Å². The van der Waals surface area contributed by atoms with E-state index in [9.17, 15) is 9.59 Å². The lowest BCUT2D eigenvalue weighted by molar-refractivity contribution is -0.116. The van der Waals surface area contributed by atoms with Crippen LogP contribution in [0.25, 0.3) is 0 Å². The van der Waals surface area contributed by atoms with Crippen LogP contribution in [0.3, 0.4) is 0 Å².